The van der Waals surface area contributed by atoms with Crippen molar-refractivity contribution in [3.8, 4) is 0 Å². The molecule has 0 saturated carbocycles. The molecule has 2 aromatic heterocycles. The highest BCUT2D eigenvalue weighted by Crippen LogP contribution is 2.29. The molecule has 1 amide bonds. The number of amides is 1. The molecule has 1 fully saturated rings. The van der Waals surface area contributed by atoms with E-state index in [2.05, 4.69) is 21.1 Å². The lowest BCUT2D eigenvalue weighted by atomic mass is 10.2. The van der Waals surface area contributed by atoms with Crippen LogP contribution in [0.2, 0.25) is 0 Å². The second-order valence-corrected chi connectivity index (χ2v) is 7.44. The minimum atomic E-state index is 0.0975. The third kappa shape index (κ3) is 3.33. The number of rotatable bonds is 4. The van der Waals surface area contributed by atoms with Gasteiger partial charge in [0.25, 0.3) is 5.71 Å². The van der Waals surface area contributed by atoms with Gasteiger partial charge in [0.05, 0.1) is 18.9 Å². The molecule has 0 radical (unpaired) electrons. The Kier molecular flexibility index (Phi) is 4.63. The average Bonchev–Trinajstić information content (AvgIpc) is 3.36. The summed E-state index contributed by atoms with van der Waals surface area (Å²) in [4.78, 5) is 26.2. The fourth-order valence-corrected chi connectivity index (χ4v) is 4.08. The van der Waals surface area contributed by atoms with Crippen LogP contribution < -0.4 is 9.80 Å². The molecule has 2 aliphatic rings. The van der Waals surface area contributed by atoms with Crippen molar-refractivity contribution in [3.05, 3.63) is 41.3 Å². The quantitative estimate of drug-likeness (QED) is 0.672. The maximum atomic E-state index is 12.8. The lowest BCUT2D eigenvalue weighted by Gasteiger charge is -2.28. The zero-order chi connectivity index (χ0) is 19.8. The van der Waals surface area contributed by atoms with Crippen molar-refractivity contribution >= 4 is 28.5 Å². The number of benzene rings is 1. The molecular formula is C21H23N5O3. The number of fused-ring (bicyclic) bond motifs is 2. The fraction of sp³-hybridized carbons (Fsp3) is 0.429. The van der Waals surface area contributed by atoms with Gasteiger partial charge in [0.1, 0.15) is 17.0 Å². The second kappa shape index (κ2) is 7.44. The summed E-state index contributed by atoms with van der Waals surface area (Å²) in [7, 11) is 0. The van der Waals surface area contributed by atoms with Gasteiger partial charge in [-0.1, -0.05) is 23.4 Å². The summed E-state index contributed by atoms with van der Waals surface area (Å²) >= 11 is 0. The van der Waals surface area contributed by atoms with Crippen LogP contribution >= 0.6 is 0 Å². The van der Waals surface area contributed by atoms with Gasteiger partial charge in [-0.3, -0.25) is 4.79 Å². The number of para-hydroxylation sites is 1. The molecule has 1 aromatic carbocycles. The Balaban J connectivity index is 1.37. The molecule has 0 unspecified atom stereocenters. The van der Waals surface area contributed by atoms with E-state index in [4.69, 9.17) is 14.2 Å². The lowest BCUT2D eigenvalue weighted by Crippen LogP contribution is -2.37. The minimum Gasteiger partial charge on any atom is -0.378 e. The van der Waals surface area contributed by atoms with Crippen LogP contribution in [0.5, 0.6) is 0 Å². The first-order chi connectivity index (χ1) is 14.2. The predicted molar refractivity (Wildman–Crippen MR) is 108 cm³/mol. The van der Waals surface area contributed by atoms with Gasteiger partial charge in [-0.15, -0.1) is 0 Å². The Bertz CT molecular complexity index is 1060. The largest absolute Gasteiger partial charge is 0.378 e. The zero-order valence-corrected chi connectivity index (χ0v) is 16.4. The summed E-state index contributed by atoms with van der Waals surface area (Å²) in [6, 6.07) is 8.09. The molecule has 3 aromatic rings. The number of carbonyl (C=O) groups excluding carboxylic acids is 1. The van der Waals surface area contributed by atoms with E-state index < -0.39 is 0 Å². The number of ether oxygens (including phenoxy) is 1. The Labute approximate surface area is 168 Å². The van der Waals surface area contributed by atoms with E-state index in [1.165, 1.54) is 5.56 Å². The van der Waals surface area contributed by atoms with Gasteiger partial charge in [0.2, 0.25) is 5.91 Å². The topological polar surface area (TPSA) is 84.6 Å². The molecule has 0 N–H and O–H groups in total. The van der Waals surface area contributed by atoms with E-state index in [1.54, 1.807) is 0 Å². The summed E-state index contributed by atoms with van der Waals surface area (Å²) < 4.78 is 10.9. The Morgan fingerprint density at radius 2 is 1.97 bits per heavy atom. The molecule has 8 heteroatoms. The molecule has 0 atom stereocenters. The molecule has 0 bridgehead atoms. The lowest BCUT2D eigenvalue weighted by molar-refractivity contribution is -0.118. The Morgan fingerprint density at radius 1 is 1.14 bits per heavy atom. The van der Waals surface area contributed by atoms with Crippen molar-refractivity contribution in [2.24, 2.45) is 0 Å². The minimum absolute atomic E-state index is 0.0975. The van der Waals surface area contributed by atoms with E-state index in [-0.39, 0.29) is 5.91 Å². The van der Waals surface area contributed by atoms with Crippen molar-refractivity contribution in [2.75, 3.05) is 42.6 Å². The molecule has 29 heavy (non-hydrogen) atoms. The first kappa shape index (κ1) is 18.1. The molecule has 5 rings (SSSR count). The van der Waals surface area contributed by atoms with Crippen LogP contribution in [-0.2, 0) is 22.4 Å². The number of morpholine rings is 1. The normalized spacial score (nSPS) is 16.4. The van der Waals surface area contributed by atoms with Crippen molar-refractivity contribution in [1.82, 2.24) is 15.1 Å². The molecule has 150 valence electrons. The first-order valence-corrected chi connectivity index (χ1v) is 10.0. The second-order valence-electron chi connectivity index (χ2n) is 7.44. The number of hydrogen-bond acceptors (Lipinski definition) is 7. The zero-order valence-electron chi connectivity index (χ0n) is 16.4. The van der Waals surface area contributed by atoms with Gasteiger partial charge in [0, 0.05) is 38.2 Å². The molecule has 1 saturated heterocycles. The van der Waals surface area contributed by atoms with Gasteiger partial charge < -0.3 is 19.1 Å². The van der Waals surface area contributed by atoms with E-state index in [0.717, 1.165) is 48.6 Å². The number of hydrogen-bond donors (Lipinski definition) is 0. The number of aromatic nitrogens is 3. The molecule has 2 aliphatic heterocycles. The number of carbonyl (C=O) groups is 1. The first-order valence-electron chi connectivity index (χ1n) is 10.0. The summed E-state index contributed by atoms with van der Waals surface area (Å²) in [5.41, 5.74) is 3.50. The van der Waals surface area contributed by atoms with Crippen LogP contribution in [0.3, 0.4) is 0 Å². The highest BCUT2D eigenvalue weighted by Gasteiger charge is 2.25. The Hall–Kier alpha value is -3.00. The van der Waals surface area contributed by atoms with Crippen molar-refractivity contribution in [2.45, 2.75) is 26.2 Å². The third-order valence-corrected chi connectivity index (χ3v) is 5.60. The van der Waals surface area contributed by atoms with Crippen molar-refractivity contribution < 1.29 is 14.1 Å². The predicted octanol–water partition coefficient (Wildman–Crippen LogP) is 2.28. The van der Waals surface area contributed by atoms with Gasteiger partial charge in [0.15, 0.2) is 0 Å². The molecule has 8 nitrogen and oxygen atoms in total. The van der Waals surface area contributed by atoms with Crippen LogP contribution in [0.4, 0.5) is 11.5 Å². The van der Waals surface area contributed by atoms with Gasteiger partial charge >= 0.3 is 0 Å². The number of anilines is 2. The summed E-state index contributed by atoms with van der Waals surface area (Å²) in [6.07, 6.45) is 1.73. The van der Waals surface area contributed by atoms with Crippen LogP contribution in [0.15, 0.2) is 28.8 Å². The van der Waals surface area contributed by atoms with Gasteiger partial charge in [-0.25, -0.2) is 4.98 Å². The number of aryl methyl sites for hydroxylation is 2. The maximum Gasteiger partial charge on any atom is 0.263 e. The number of nitrogens with zero attached hydrogens (tertiary/aromatic N) is 5. The highest BCUT2D eigenvalue weighted by molar-refractivity contribution is 5.95. The van der Waals surface area contributed by atoms with Crippen LogP contribution in [-0.4, -0.2) is 53.9 Å². The van der Waals surface area contributed by atoms with Crippen molar-refractivity contribution in [3.63, 3.8) is 0 Å². The van der Waals surface area contributed by atoms with E-state index in [0.29, 0.717) is 37.6 Å². The van der Waals surface area contributed by atoms with Crippen LogP contribution in [0.25, 0.3) is 11.1 Å². The standard InChI is InChI=1S/C21H23N5O3/c1-14-19-20(25-10-12-28-13-11-25)22-17(23-21(19)29-24-14)6-7-18(27)26-9-8-15-4-2-3-5-16(15)26/h2-5H,6-13H2,1H3. The molecule has 0 aliphatic carbocycles. The third-order valence-electron chi connectivity index (χ3n) is 5.60. The average molecular weight is 393 g/mol. The fourth-order valence-electron chi connectivity index (χ4n) is 4.08. The van der Waals surface area contributed by atoms with E-state index in [9.17, 15) is 4.79 Å². The summed E-state index contributed by atoms with van der Waals surface area (Å²) in [5, 5.41) is 4.91. The van der Waals surface area contributed by atoms with Crippen LogP contribution in [0.1, 0.15) is 23.5 Å². The SMILES string of the molecule is Cc1noc2nc(CCC(=O)N3CCc4ccccc43)nc(N3CCOCC3)c12. The maximum absolute atomic E-state index is 12.8. The molecule has 4 heterocycles. The van der Waals surface area contributed by atoms with Crippen molar-refractivity contribution in [1.29, 1.82) is 0 Å². The Morgan fingerprint density at radius 3 is 2.83 bits per heavy atom. The highest BCUT2D eigenvalue weighted by atomic mass is 16.5. The summed E-state index contributed by atoms with van der Waals surface area (Å²) in [6.45, 7) is 5.49. The van der Waals surface area contributed by atoms with E-state index >= 15 is 0 Å². The molecular weight excluding hydrogens is 370 g/mol. The van der Waals surface area contributed by atoms with E-state index in [1.807, 2.05) is 30.0 Å². The summed E-state index contributed by atoms with van der Waals surface area (Å²) in [5.74, 6) is 1.53. The van der Waals surface area contributed by atoms with Gasteiger partial charge in [-0.2, -0.15) is 4.98 Å². The van der Waals surface area contributed by atoms with Gasteiger partial charge in [-0.05, 0) is 25.0 Å². The smallest absolute Gasteiger partial charge is 0.263 e. The van der Waals surface area contributed by atoms with Crippen LogP contribution in [0, 0.1) is 6.92 Å². The molecule has 0 spiro atoms. The monoisotopic (exact) mass is 393 g/mol.